The molecule has 34 heavy (non-hydrogen) atoms. The van der Waals surface area contributed by atoms with E-state index in [4.69, 9.17) is 28.2 Å². The van der Waals surface area contributed by atoms with Crippen molar-refractivity contribution >= 4 is 34.8 Å². The van der Waals surface area contributed by atoms with Crippen LogP contribution in [0.4, 0.5) is 0 Å². The molecule has 174 valence electrons. The molecule has 1 aliphatic rings. The van der Waals surface area contributed by atoms with E-state index in [1.54, 1.807) is 0 Å². The molecule has 1 saturated heterocycles. The summed E-state index contributed by atoms with van der Waals surface area (Å²) in [5.74, 6) is 0.214. The van der Waals surface area contributed by atoms with E-state index in [9.17, 15) is 4.79 Å². The maximum Gasteiger partial charge on any atom is 0.223 e. The van der Waals surface area contributed by atoms with Gasteiger partial charge in [0.25, 0.3) is 0 Å². The van der Waals surface area contributed by atoms with Gasteiger partial charge in [0, 0.05) is 46.4 Å². The highest BCUT2D eigenvalue weighted by atomic mass is 35.5. The SMILES string of the molecule is CC1CCCCN1C(=O)CCc1c(-c2ccc(Cl)cc2)nc2ccc(-c3ccccc3Cl)cn12. The number of amides is 1. The van der Waals surface area contributed by atoms with Gasteiger partial charge in [-0.1, -0.05) is 53.5 Å². The van der Waals surface area contributed by atoms with Crippen LogP contribution in [0.2, 0.25) is 10.0 Å². The molecule has 0 radical (unpaired) electrons. The fourth-order valence-corrected chi connectivity index (χ4v) is 5.23. The Bertz CT molecular complexity index is 1330. The molecule has 0 spiro atoms. The van der Waals surface area contributed by atoms with Gasteiger partial charge in [0.05, 0.1) is 11.4 Å². The number of aromatic nitrogens is 2. The second-order valence-electron chi connectivity index (χ2n) is 8.97. The molecular formula is C28H27Cl2N3O. The van der Waals surface area contributed by atoms with Crippen LogP contribution in [0.5, 0.6) is 0 Å². The molecule has 1 amide bonds. The topological polar surface area (TPSA) is 37.6 Å². The van der Waals surface area contributed by atoms with Gasteiger partial charge in [-0.2, -0.15) is 0 Å². The van der Waals surface area contributed by atoms with Gasteiger partial charge in [-0.05, 0) is 68.5 Å². The maximum atomic E-state index is 13.1. The molecule has 4 aromatic rings. The highest BCUT2D eigenvalue weighted by Crippen LogP contribution is 2.32. The monoisotopic (exact) mass is 491 g/mol. The molecule has 3 heterocycles. The lowest BCUT2D eigenvalue weighted by molar-refractivity contribution is -0.134. The number of benzene rings is 2. The van der Waals surface area contributed by atoms with Gasteiger partial charge in [-0.3, -0.25) is 4.79 Å². The van der Waals surface area contributed by atoms with Gasteiger partial charge in [0.1, 0.15) is 5.65 Å². The van der Waals surface area contributed by atoms with E-state index in [-0.39, 0.29) is 5.91 Å². The normalized spacial score (nSPS) is 16.2. The van der Waals surface area contributed by atoms with E-state index in [1.165, 1.54) is 6.42 Å². The molecule has 2 aromatic carbocycles. The first kappa shape index (κ1) is 22.9. The Kier molecular flexibility index (Phi) is 6.62. The third kappa shape index (κ3) is 4.57. The fraction of sp³-hybridized carbons (Fsp3) is 0.286. The summed E-state index contributed by atoms with van der Waals surface area (Å²) < 4.78 is 2.11. The molecule has 1 atom stereocenters. The number of carbonyl (C=O) groups is 1. The first-order valence-corrected chi connectivity index (χ1v) is 12.6. The van der Waals surface area contributed by atoms with E-state index < -0.39 is 0 Å². The number of hydrogen-bond donors (Lipinski definition) is 0. The van der Waals surface area contributed by atoms with Crippen molar-refractivity contribution in [2.24, 2.45) is 0 Å². The van der Waals surface area contributed by atoms with E-state index in [1.807, 2.05) is 65.6 Å². The summed E-state index contributed by atoms with van der Waals surface area (Å²) >= 11 is 12.6. The highest BCUT2D eigenvalue weighted by Gasteiger charge is 2.24. The van der Waals surface area contributed by atoms with Gasteiger partial charge >= 0.3 is 0 Å². The lowest BCUT2D eigenvalue weighted by atomic mass is 10.0. The predicted molar refractivity (Wildman–Crippen MR) is 139 cm³/mol. The minimum absolute atomic E-state index is 0.214. The van der Waals surface area contributed by atoms with Crippen LogP contribution in [0.1, 0.15) is 38.3 Å². The number of carbonyl (C=O) groups excluding carboxylic acids is 1. The number of piperidine rings is 1. The Morgan fingerprint density at radius 3 is 2.53 bits per heavy atom. The maximum absolute atomic E-state index is 13.1. The van der Waals surface area contributed by atoms with Crippen molar-refractivity contribution in [3.63, 3.8) is 0 Å². The Hall–Kier alpha value is -2.82. The number of likely N-dealkylation sites (tertiary alicyclic amines) is 1. The van der Waals surface area contributed by atoms with Gasteiger partial charge in [0.15, 0.2) is 0 Å². The summed E-state index contributed by atoms with van der Waals surface area (Å²) in [5.41, 5.74) is 5.71. The summed E-state index contributed by atoms with van der Waals surface area (Å²) in [4.78, 5) is 20.1. The predicted octanol–water partition coefficient (Wildman–Crippen LogP) is 7.31. The Morgan fingerprint density at radius 1 is 1.00 bits per heavy atom. The van der Waals surface area contributed by atoms with Crippen LogP contribution in [0.25, 0.3) is 28.0 Å². The van der Waals surface area contributed by atoms with Crippen LogP contribution in [0.3, 0.4) is 0 Å². The van der Waals surface area contributed by atoms with Crippen molar-refractivity contribution in [1.82, 2.24) is 14.3 Å². The van der Waals surface area contributed by atoms with Gasteiger partial charge in [-0.25, -0.2) is 4.98 Å². The quantitative estimate of drug-likeness (QED) is 0.293. The number of halogens is 2. The number of hydrogen-bond acceptors (Lipinski definition) is 2. The van der Waals surface area contributed by atoms with Gasteiger partial charge < -0.3 is 9.30 Å². The third-order valence-corrected chi connectivity index (χ3v) is 7.30. The minimum Gasteiger partial charge on any atom is -0.340 e. The Labute approximate surface area is 210 Å². The van der Waals surface area contributed by atoms with Crippen LogP contribution in [-0.2, 0) is 11.2 Å². The van der Waals surface area contributed by atoms with E-state index in [2.05, 4.69) is 17.5 Å². The second kappa shape index (κ2) is 9.81. The number of pyridine rings is 1. The standard InChI is InChI=1S/C28H27Cl2N3O/c1-19-6-4-5-17-32(19)27(34)16-14-25-28(20-9-12-22(29)13-10-20)31-26-15-11-21(18-33(25)26)23-7-2-3-8-24(23)30/h2-3,7-13,15,18-19H,4-6,14,16-17H2,1H3. The lowest BCUT2D eigenvalue weighted by Gasteiger charge is -2.33. The van der Waals surface area contributed by atoms with Crippen LogP contribution in [-0.4, -0.2) is 32.8 Å². The van der Waals surface area contributed by atoms with Crippen LogP contribution in [0, 0.1) is 0 Å². The zero-order valence-electron chi connectivity index (χ0n) is 19.2. The van der Waals surface area contributed by atoms with Crippen LogP contribution >= 0.6 is 23.2 Å². The highest BCUT2D eigenvalue weighted by molar-refractivity contribution is 6.33. The van der Waals surface area contributed by atoms with Crippen molar-refractivity contribution in [2.45, 2.75) is 45.1 Å². The molecule has 1 unspecified atom stereocenters. The molecular weight excluding hydrogens is 465 g/mol. The molecule has 2 aromatic heterocycles. The zero-order chi connectivity index (χ0) is 23.7. The minimum atomic E-state index is 0.214. The number of aryl methyl sites for hydroxylation is 1. The third-order valence-electron chi connectivity index (χ3n) is 6.72. The molecule has 0 saturated carbocycles. The van der Waals surface area contributed by atoms with E-state index >= 15 is 0 Å². The summed E-state index contributed by atoms with van der Waals surface area (Å²) in [5, 5.41) is 1.39. The fourth-order valence-electron chi connectivity index (χ4n) is 4.86. The molecule has 1 fully saturated rings. The van der Waals surface area contributed by atoms with E-state index in [0.29, 0.717) is 28.9 Å². The Morgan fingerprint density at radius 2 is 1.76 bits per heavy atom. The largest absolute Gasteiger partial charge is 0.340 e. The number of imidazole rings is 1. The molecule has 0 aliphatic carbocycles. The van der Waals surface area contributed by atoms with Gasteiger partial charge in [-0.15, -0.1) is 0 Å². The van der Waals surface area contributed by atoms with Crippen molar-refractivity contribution in [1.29, 1.82) is 0 Å². The number of nitrogens with zero attached hydrogens (tertiary/aromatic N) is 3. The molecule has 6 heteroatoms. The van der Waals surface area contributed by atoms with Crippen molar-refractivity contribution in [2.75, 3.05) is 6.54 Å². The summed E-state index contributed by atoms with van der Waals surface area (Å²) in [6, 6.07) is 19.9. The average molecular weight is 492 g/mol. The molecule has 4 nitrogen and oxygen atoms in total. The lowest BCUT2D eigenvalue weighted by Crippen LogP contribution is -2.42. The second-order valence-corrected chi connectivity index (χ2v) is 9.82. The summed E-state index contributed by atoms with van der Waals surface area (Å²) in [6.07, 6.45) is 6.50. The molecule has 0 N–H and O–H groups in total. The molecule has 1 aliphatic heterocycles. The van der Waals surface area contributed by atoms with Crippen molar-refractivity contribution in [3.05, 3.63) is 82.6 Å². The van der Waals surface area contributed by atoms with Crippen molar-refractivity contribution in [3.8, 4) is 22.4 Å². The Balaban J connectivity index is 1.55. The summed E-state index contributed by atoms with van der Waals surface area (Å²) in [6.45, 7) is 3.01. The van der Waals surface area contributed by atoms with Gasteiger partial charge in [0.2, 0.25) is 5.91 Å². The average Bonchev–Trinajstić information content (AvgIpc) is 3.21. The number of fused-ring (bicyclic) bond motifs is 1. The zero-order valence-corrected chi connectivity index (χ0v) is 20.7. The molecule has 0 bridgehead atoms. The number of rotatable bonds is 5. The first-order chi connectivity index (χ1) is 16.5. The first-order valence-electron chi connectivity index (χ1n) is 11.8. The van der Waals surface area contributed by atoms with Crippen molar-refractivity contribution < 1.29 is 4.79 Å². The van der Waals surface area contributed by atoms with Crippen LogP contribution in [0.15, 0.2) is 66.9 Å². The summed E-state index contributed by atoms with van der Waals surface area (Å²) in [7, 11) is 0. The molecule has 5 rings (SSSR count). The van der Waals surface area contributed by atoms with Crippen LogP contribution < -0.4 is 0 Å². The van der Waals surface area contributed by atoms with E-state index in [0.717, 1.165) is 53.1 Å². The smallest absolute Gasteiger partial charge is 0.223 e.